The van der Waals surface area contributed by atoms with E-state index in [1.807, 2.05) is 0 Å². The van der Waals surface area contributed by atoms with Crippen LogP contribution in [-0.2, 0) is 22.5 Å². The van der Waals surface area contributed by atoms with E-state index in [2.05, 4.69) is 9.47 Å². The molecule has 0 amide bonds. The second-order valence-electron chi connectivity index (χ2n) is 5.66. The molecule has 0 aliphatic heterocycles. The van der Waals surface area contributed by atoms with Crippen molar-refractivity contribution in [2.75, 3.05) is 0 Å². The van der Waals surface area contributed by atoms with Crippen molar-refractivity contribution in [2.45, 2.75) is 25.9 Å². The van der Waals surface area contributed by atoms with E-state index < -0.39 is 79.5 Å². The minimum Gasteiger partial charge on any atom is -0.410 e. The molecule has 0 spiro atoms. The molecule has 0 aromatic heterocycles. The average molecular weight is 466 g/mol. The van der Waals surface area contributed by atoms with Crippen LogP contribution in [0.4, 0.5) is 43.9 Å². The molecule has 0 saturated carbocycles. The Bertz CT molecular complexity index is 843. The zero-order valence-electron chi connectivity index (χ0n) is 14.8. The Morgan fingerprint density at radius 3 is 1.23 bits per heavy atom. The molecule has 0 unspecified atom stereocenters. The molecule has 2 aromatic carbocycles. The maximum absolute atomic E-state index is 13.3. The molecule has 170 valence electrons. The maximum atomic E-state index is 13.3. The normalized spacial score (nSPS) is 12.1. The lowest BCUT2D eigenvalue weighted by atomic mass is 10.2. The lowest BCUT2D eigenvalue weighted by Crippen LogP contribution is -2.19. The van der Waals surface area contributed by atoms with E-state index >= 15 is 0 Å². The van der Waals surface area contributed by atoms with E-state index in [9.17, 15) is 43.9 Å². The van der Waals surface area contributed by atoms with Crippen LogP contribution in [0.2, 0.25) is 0 Å². The third kappa shape index (κ3) is 7.82. The summed E-state index contributed by atoms with van der Waals surface area (Å²) < 4.78 is 144. The first-order valence-electron chi connectivity index (χ1n) is 7.88. The Kier molecular flexibility index (Phi) is 7.65. The largest absolute Gasteiger partial charge is 0.573 e. The number of halogens is 10. The highest BCUT2D eigenvalue weighted by atomic mass is 19.4. The fraction of sp³-hybridized carbons (Fsp3) is 0.250. The minimum absolute atomic E-state index is 0.143. The SMILES string of the molecule is Fc1cc(COBOCc2cc(F)c(F)cc2OC(F)(F)F)c(OC(F)(F)F)cc1F. The summed E-state index contributed by atoms with van der Waals surface area (Å²) in [6.07, 6.45) is -10.4. The average Bonchev–Trinajstić information content (AvgIpc) is 2.60. The van der Waals surface area contributed by atoms with Gasteiger partial charge in [0.1, 0.15) is 11.5 Å². The van der Waals surface area contributed by atoms with Gasteiger partial charge in [-0.2, -0.15) is 0 Å². The predicted octanol–water partition coefficient (Wildman–Crippen LogP) is 5.04. The van der Waals surface area contributed by atoms with Gasteiger partial charge in [0.2, 0.25) is 0 Å². The van der Waals surface area contributed by atoms with E-state index in [-0.39, 0.29) is 12.1 Å². The van der Waals surface area contributed by atoms with Gasteiger partial charge in [0.25, 0.3) is 0 Å². The van der Waals surface area contributed by atoms with Crippen molar-refractivity contribution in [1.82, 2.24) is 0 Å². The Morgan fingerprint density at radius 2 is 0.903 bits per heavy atom. The second kappa shape index (κ2) is 9.64. The molecule has 0 atom stereocenters. The van der Waals surface area contributed by atoms with E-state index in [4.69, 9.17) is 9.31 Å². The number of alkyl halides is 6. The van der Waals surface area contributed by atoms with E-state index in [0.29, 0.717) is 12.1 Å². The highest BCUT2D eigenvalue weighted by molar-refractivity contribution is 6.17. The van der Waals surface area contributed by atoms with Gasteiger partial charge in [-0.05, 0) is 12.1 Å². The zero-order valence-corrected chi connectivity index (χ0v) is 14.8. The third-order valence-corrected chi connectivity index (χ3v) is 3.34. The van der Waals surface area contributed by atoms with Crippen LogP contribution >= 0.6 is 0 Å². The third-order valence-electron chi connectivity index (χ3n) is 3.34. The van der Waals surface area contributed by atoms with Crippen molar-refractivity contribution in [1.29, 1.82) is 0 Å². The van der Waals surface area contributed by atoms with Gasteiger partial charge in [-0.25, -0.2) is 17.6 Å². The molecule has 4 nitrogen and oxygen atoms in total. The van der Waals surface area contributed by atoms with Gasteiger partial charge in [0.15, 0.2) is 23.3 Å². The van der Waals surface area contributed by atoms with E-state index in [0.717, 1.165) is 0 Å². The number of rotatable bonds is 8. The molecule has 2 rings (SSSR count). The molecule has 15 heteroatoms. The summed E-state index contributed by atoms with van der Waals surface area (Å²) in [4.78, 5) is 0. The lowest BCUT2D eigenvalue weighted by molar-refractivity contribution is -0.276. The van der Waals surface area contributed by atoms with Crippen molar-refractivity contribution in [3.63, 3.8) is 0 Å². The first-order valence-corrected chi connectivity index (χ1v) is 7.88. The van der Waals surface area contributed by atoms with Gasteiger partial charge < -0.3 is 18.8 Å². The summed E-state index contributed by atoms with van der Waals surface area (Å²) in [6, 6.07) is 1.04. The highest BCUT2D eigenvalue weighted by Gasteiger charge is 2.33. The molecule has 31 heavy (non-hydrogen) atoms. The molecular weight excluding hydrogens is 457 g/mol. The summed E-state index contributed by atoms with van der Waals surface area (Å²) in [6.45, 7) is -1.57. The summed E-state index contributed by atoms with van der Waals surface area (Å²) in [5.74, 6) is -8.40. The van der Waals surface area contributed by atoms with Gasteiger partial charge >= 0.3 is 20.4 Å². The molecule has 0 fully saturated rings. The van der Waals surface area contributed by atoms with Crippen LogP contribution in [0.15, 0.2) is 24.3 Å². The zero-order chi connectivity index (χ0) is 23.4. The standard InChI is InChI=1S/C16H9BF10O4/c18-9-1-7(13(3-11(9)20)30-15(22,23)24)5-28-17-29-6-8-2-10(19)12(21)4-14(8)31-16(25,26)27/h1-4,17H,5-6H2. The quantitative estimate of drug-likeness (QED) is 0.311. The van der Waals surface area contributed by atoms with Gasteiger partial charge in [-0.1, -0.05) is 0 Å². The molecular formula is C16H9BF10O4. The first kappa shape index (κ1) is 24.6. The molecule has 0 aliphatic carbocycles. The molecule has 0 N–H and O–H groups in total. The van der Waals surface area contributed by atoms with Crippen LogP contribution in [0.5, 0.6) is 11.5 Å². The second-order valence-corrected chi connectivity index (χ2v) is 5.66. The van der Waals surface area contributed by atoms with E-state index in [1.54, 1.807) is 0 Å². The molecule has 0 radical (unpaired) electrons. The van der Waals surface area contributed by atoms with Gasteiger partial charge in [0, 0.05) is 23.3 Å². The Balaban J connectivity index is 2.00. The first-order chi connectivity index (χ1) is 14.2. The van der Waals surface area contributed by atoms with Crippen molar-refractivity contribution in [3.05, 3.63) is 58.7 Å². The predicted molar refractivity (Wildman–Crippen MR) is 82.8 cm³/mol. The fourth-order valence-corrected chi connectivity index (χ4v) is 2.17. The molecule has 0 heterocycles. The number of benzene rings is 2. The fourth-order valence-electron chi connectivity index (χ4n) is 2.17. The summed E-state index contributed by atoms with van der Waals surface area (Å²) in [5, 5.41) is 0. The number of hydrogen-bond donors (Lipinski definition) is 0. The van der Waals surface area contributed by atoms with E-state index in [1.165, 1.54) is 0 Å². The highest BCUT2D eigenvalue weighted by Crippen LogP contribution is 2.30. The van der Waals surface area contributed by atoms with Crippen molar-refractivity contribution in [2.24, 2.45) is 0 Å². The molecule has 2 aromatic rings. The van der Waals surface area contributed by atoms with Crippen molar-refractivity contribution >= 4 is 7.69 Å². The Morgan fingerprint density at radius 1 is 0.581 bits per heavy atom. The van der Waals surface area contributed by atoms with Crippen LogP contribution in [0, 0.1) is 23.3 Å². The smallest absolute Gasteiger partial charge is 0.410 e. The molecule has 0 bridgehead atoms. The van der Waals surface area contributed by atoms with Crippen LogP contribution in [0.1, 0.15) is 11.1 Å². The lowest BCUT2D eigenvalue weighted by Gasteiger charge is -2.15. The van der Waals surface area contributed by atoms with Crippen LogP contribution in [0.25, 0.3) is 0 Å². The van der Waals surface area contributed by atoms with Crippen molar-refractivity contribution in [3.8, 4) is 11.5 Å². The summed E-state index contributed by atoms with van der Waals surface area (Å²) >= 11 is 0. The Labute approximate surface area is 167 Å². The minimum atomic E-state index is -5.21. The van der Waals surface area contributed by atoms with Gasteiger partial charge in [0.05, 0.1) is 13.2 Å². The van der Waals surface area contributed by atoms with Crippen LogP contribution in [-0.4, -0.2) is 20.4 Å². The Hall–Kier alpha value is -2.68. The monoisotopic (exact) mass is 466 g/mol. The maximum Gasteiger partial charge on any atom is 0.573 e. The summed E-state index contributed by atoms with van der Waals surface area (Å²) in [7, 11) is -0.797. The van der Waals surface area contributed by atoms with Gasteiger partial charge in [-0.3, -0.25) is 0 Å². The number of ether oxygens (including phenoxy) is 2. The van der Waals surface area contributed by atoms with Crippen molar-refractivity contribution < 1.29 is 62.7 Å². The summed E-state index contributed by atoms with van der Waals surface area (Å²) in [5.41, 5.74) is -1.12. The van der Waals surface area contributed by atoms with Crippen LogP contribution < -0.4 is 9.47 Å². The molecule has 0 aliphatic rings. The molecule has 0 saturated heterocycles. The van der Waals surface area contributed by atoms with Crippen LogP contribution in [0.3, 0.4) is 0 Å². The van der Waals surface area contributed by atoms with Gasteiger partial charge in [-0.15, -0.1) is 26.3 Å². The topological polar surface area (TPSA) is 36.9 Å². The number of hydrogen-bond acceptors (Lipinski definition) is 4.